The van der Waals surface area contributed by atoms with Gasteiger partial charge in [-0.05, 0) is 48.4 Å². The highest BCUT2D eigenvalue weighted by atomic mass is 35.5. The average molecular weight is 445 g/mol. The maximum Gasteiger partial charge on any atom is 0.337 e. The summed E-state index contributed by atoms with van der Waals surface area (Å²) in [4.78, 5) is 13.7. The molecule has 3 aromatic carbocycles. The monoisotopic (exact) mass is 444 g/mol. The Hall–Kier alpha value is -3.03. The van der Waals surface area contributed by atoms with E-state index in [1.165, 1.54) is 12.1 Å². The molecule has 0 aliphatic carbocycles. The van der Waals surface area contributed by atoms with E-state index in [0.717, 1.165) is 5.56 Å². The normalized spacial score (nSPS) is 11.2. The van der Waals surface area contributed by atoms with Gasteiger partial charge in [0.1, 0.15) is 0 Å². The van der Waals surface area contributed by atoms with Crippen LogP contribution in [0.2, 0.25) is 5.02 Å². The van der Waals surface area contributed by atoms with Crippen LogP contribution in [0.5, 0.6) is 0 Å². The van der Waals surface area contributed by atoms with Crippen molar-refractivity contribution in [2.24, 2.45) is 0 Å². The molecule has 0 atom stereocenters. The predicted octanol–water partition coefficient (Wildman–Crippen LogP) is 4.78. The van der Waals surface area contributed by atoms with Crippen LogP contribution in [-0.4, -0.2) is 26.5 Å². The summed E-state index contributed by atoms with van der Waals surface area (Å²) < 4.78 is 28.0. The Morgan fingerprint density at radius 1 is 1.07 bits per heavy atom. The number of nitrogens with one attached hydrogen (secondary N) is 1. The van der Waals surface area contributed by atoms with E-state index in [2.05, 4.69) is 4.72 Å². The van der Waals surface area contributed by atoms with E-state index < -0.39 is 16.0 Å². The molecule has 0 heterocycles. The van der Waals surface area contributed by atoms with Gasteiger partial charge in [0.05, 0.1) is 16.1 Å². The first-order valence-electron chi connectivity index (χ1n) is 9.09. The van der Waals surface area contributed by atoms with E-state index in [-0.39, 0.29) is 16.1 Å². The maximum absolute atomic E-state index is 12.8. The Morgan fingerprint density at radius 2 is 1.77 bits per heavy atom. The van der Waals surface area contributed by atoms with Gasteiger partial charge in [0, 0.05) is 24.3 Å². The summed E-state index contributed by atoms with van der Waals surface area (Å²) in [6.45, 7) is 2.12. The third-order valence-electron chi connectivity index (χ3n) is 4.66. The number of nitrogens with zero attached hydrogens (tertiary/aromatic N) is 1. The van der Waals surface area contributed by atoms with Gasteiger partial charge in [-0.15, -0.1) is 0 Å². The lowest BCUT2D eigenvalue weighted by Gasteiger charge is -2.22. The van der Waals surface area contributed by atoms with Gasteiger partial charge in [-0.1, -0.05) is 48.0 Å². The first-order valence-corrected chi connectivity index (χ1v) is 11.0. The molecule has 0 aromatic heterocycles. The van der Waals surface area contributed by atoms with E-state index in [9.17, 15) is 18.3 Å². The summed E-state index contributed by atoms with van der Waals surface area (Å²) in [6, 6.07) is 18.7. The molecule has 0 saturated heterocycles. The molecule has 3 rings (SSSR count). The van der Waals surface area contributed by atoms with E-state index >= 15 is 0 Å². The minimum atomic E-state index is -3.93. The number of anilines is 2. The smallest absolute Gasteiger partial charge is 0.337 e. The Bertz CT molecular complexity index is 1180. The molecule has 0 unspecified atom stereocenters. The van der Waals surface area contributed by atoms with Crippen LogP contribution < -0.4 is 9.62 Å². The summed E-state index contributed by atoms with van der Waals surface area (Å²) in [5.41, 5.74) is 2.08. The topological polar surface area (TPSA) is 86.7 Å². The number of rotatable bonds is 7. The lowest BCUT2D eigenvalue weighted by atomic mass is 10.1. The Labute approximate surface area is 180 Å². The van der Waals surface area contributed by atoms with Gasteiger partial charge in [-0.3, -0.25) is 4.72 Å². The van der Waals surface area contributed by atoms with Crippen LogP contribution in [0.15, 0.2) is 71.6 Å². The summed E-state index contributed by atoms with van der Waals surface area (Å²) in [5, 5.41) is 10.0. The first kappa shape index (κ1) is 21.7. The summed E-state index contributed by atoms with van der Waals surface area (Å²) >= 11 is 6.04. The molecular formula is C22H21ClN2O4S. The SMILES string of the molecule is Cc1c(Cl)cccc1S(=O)(=O)Nc1ccc(N(C)Cc2ccccc2)c(C(=O)O)c1. The van der Waals surface area contributed by atoms with Crippen LogP contribution >= 0.6 is 11.6 Å². The van der Waals surface area contributed by atoms with Crippen LogP contribution in [0, 0.1) is 6.92 Å². The van der Waals surface area contributed by atoms with Crippen LogP contribution in [0.1, 0.15) is 21.5 Å². The molecule has 2 N–H and O–H groups in total. The molecule has 0 saturated carbocycles. The van der Waals surface area contributed by atoms with Gasteiger partial charge in [0.25, 0.3) is 10.0 Å². The zero-order chi connectivity index (χ0) is 21.9. The fraction of sp³-hybridized carbons (Fsp3) is 0.136. The van der Waals surface area contributed by atoms with E-state index in [0.29, 0.717) is 22.8 Å². The second-order valence-corrected chi connectivity index (χ2v) is 8.91. The number of carboxylic acids is 1. The molecule has 0 aliphatic heterocycles. The van der Waals surface area contributed by atoms with Crippen molar-refractivity contribution in [3.63, 3.8) is 0 Å². The van der Waals surface area contributed by atoms with Gasteiger partial charge in [-0.25, -0.2) is 13.2 Å². The number of benzene rings is 3. The van der Waals surface area contributed by atoms with Crippen molar-refractivity contribution in [1.29, 1.82) is 0 Å². The molecule has 0 aliphatic rings. The van der Waals surface area contributed by atoms with Crippen LogP contribution in [0.25, 0.3) is 0 Å². The highest BCUT2D eigenvalue weighted by Crippen LogP contribution is 2.28. The Morgan fingerprint density at radius 3 is 2.43 bits per heavy atom. The predicted molar refractivity (Wildman–Crippen MR) is 119 cm³/mol. The van der Waals surface area contributed by atoms with Crippen molar-refractivity contribution in [3.8, 4) is 0 Å². The maximum atomic E-state index is 12.8. The molecular weight excluding hydrogens is 424 g/mol. The van der Waals surface area contributed by atoms with Gasteiger partial charge in [-0.2, -0.15) is 0 Å². The minimum absolute atomic E-state index is 0.00329. The molecule has 156 valence electrons. The third kappa shape index (κ3) is 4.75. The van der Waals surface area contributed by atoms with Gasteiger partial charge >= 0.3 is 5.97 Å². The number of carbonyl (C=O) groups is 1. The van der Waals surface area contributed by atoms with E-state index in [4.69, 9.17) is 11.6 Å². The van der Waals surface area contributed by atoms with Crippen molar-refractivity contribution in [1.82, 2.24) is 0 Å². The Balaban J connectivity index is 1.91. The second-order valence-electron chi connectivity index (χ2n) is 6.85. The zero-order valence-electron chi connectivity index (χ0n) is 16.5. The standard InChI is InChI=1S/C22H21ClN2O4S/c1-15-19(23)9-6-10-21(15)30(28,29)24-17-11-12-20(18(13-17)22(26)27)25(2)14-16-7-4-3-5-8-16/h3-13,24H,14H2,1-2H3,(H,26,27). The van der Waals surface area contributed by atoms with E-state index in [1.807, 2.05) is 30.3 Å². The third-order valence-corrected chi connectivity index (χ3v) is 6.60. The van der Waals surface area contributed by atoms with Crippen molar-refractivity contribution in [2.45, 2.75) is 18.4 Å². The number of aromatic carboxylic acids is 1. The molecule has 3 aromatic rings. The van der Waals surface area contributed by atoms with Crippen molar-refractivity contribution in [2.75, 3.05) is 16.7 Å². The quantitative estimate of drug-likeness (QED) is 0.547. The van der Waals surface area contributed by atoms with Crippen LogP contribution in [-0.2, 0) is 16.6 Å². The van der Waals surface area contributed by atoms with Gasteiger partial charge < -0.3 is 10.0 Å². The zero-order valence-corrected chi connectivity index (χ0v) is 18.0. The summed E-state index contributed by atoms with van der Waals surface area (Å²) in [5.74, 6) is -1.15. The number of sulfonamides is 1. The molecule has 0 fully saturated rings. The molecule has 6 nitrogen and oxygen atoms in total. The van der Waals surface area contributed by atoms with Crippen molar-refractivity contribution < 1.29 is 18.3 Å². The number of hydrogen-bond acceptors (Lipinski definition) is 4. The minimum Gasteiger partial charge on any atom is -0.478 e. The molecule has 30 heavy (non-hydrogen) atoms. The fourth-order valence-corrected chi connectivity index (χ4v) is 4.68. The largest absolute Gasteiger partial charge is 0.478 e. The number of carboxylic acid groups (broad SMARTS) is 1. The lowest BCUT2D eigenvalue weighted by molar-refractivity contribution is 0.0697. The highest BCUT2D eigenvalue weighted by molar-refractivity contribution is 7.92. The number of halogens is 1. The van der Waals surface area contributed by atoms with Crippen LogP contribution in [0.3, 0.4) is 0 Å². The summed E-state index contributed by atoms with van der Waals surface area (Å²) in [7, 11) is -2.15. The van der Waals surface area contributed by atoms with Crippen molar-refractivity contribution in [3.05, 3.63) is 88.4 Å². The average Bonchev–Trinajstić information content (AvgIpc) is 2.70. The fourth-order valence-electron chi connectivity index (χ4n) is 3.14. The molecule has 8 heteroatoms. The van der Waals surface area contributed by atoms with Crippen LogP contribution in [0.4, 0.5) is 11.4 Å². The van der Waals surface area contributed by atoms with Crippen molar-refractivity contribution >= 4 is 39.0 Å². The number of hydrogen-bond donors (Lipinski definition) is 2. The second kappa shape index (κ2) is 8.77. The van der Waals surface area contributed by atoms with Gasteiger partial charge in [0.15, 0.2) is 0 Å². The molecule has 0 amide bonds. The molecule has 0 radical (unpaired) electrons. The highest BCUT2D eigenvalue weighted by Gasteiger charge is 2.20. The molecule has 0 bridgehead atoms. The first-order chi connectivity index (χ1) is 14.2. The lowest BCUT2D eigenvalue weighted by Crippen LogP contribution is -2.20. The van der Waals surface area contributed by atoms with Gasteiger partial charge in [0.2, 0.25) is 0 Å². The Kier molecular flexibility index (Phi) is 6.34. The van der Waals surface area contributed by atoms with E-state index in [1.54, 1.807) is 43.1 Å². The summed E-state index contributed by atoms with van der Waals surface area (Å²) in [6.07, 6.45) is 0. The molecule has 0 spiro atoms.